The van der Waals surface area contributed by atoms with E-state index in [4.69, 9.17) is 14.2 Å². The first-order valence-corrected chi connectivity index (χ1v) is 9.08. The molecule has 2 aliphatic heterocycles. The van der Waals surface area contributed by atoms with E-state index in [0.29, 0.717) is 43.4 Å². The number of benzene rings is 1. The van der Waals surface area contributed by atoms with Gasteiger partial charge in [-0.2, -0.15) is 4.72 Å². The van der Waals surface area contributed by atoms with Crippen molar-refractivity contribution < 1.29 is 27.4 Å². The number of nitrogens with zero attached hydrogens (tertiary/aromatic N) is 1. The minimum Gasteiger partial charge on any atom is -0.493 e. The van der Waals surface area contributed by atoms with Crippen LogP contribution < -0.4 is 14.2 Å². The van der Waals surface area contributed by atoms with Crippen molar-refractivity contribution in [1.82, 2.24) is 9.62 Å². The SMILES string of the molecule is COc1cc2c(cc1OC)S(=O)(=O)NC(C(=O)N1CCOCC1)C2. The van der Waals surface area contributed by atoms with E-state index in [1.54, 1.807) is 11.0 Å². The summed E-state index contributed by atoms with van der Waals surface area (Å²) >= 11 is 0. The molecule has 1 atom stereocenters. The molecular weight excluding hydrogens is 336 g/mol. The van der Waals surface area contributed by atoms with Gasteiger partial charge in [-0.15, -0.1) is 0 Å². The maximum Gasteiger partial charge on any atom is 0.241 e. The third-order valence-electron chi connectivity index (χ3n) is 4.20. The van der Waals surface area contributed by atoms with Gasteiger partial charge in [-0.05, 0) is 18.1 Å². The number of amides is 1. The minimum atomic E-state index is -3.80. The molecule has 0 saturated carbocycles. The lowest BCUT2D eigenvalue weighted by Crippen LogP contribution is -2.54. The van der Waals surface area contributed by atoms with E-state index in [1.807, 2.05) is 0 Å². The van der Waals surface area contributed by atoms with Crippen LogP contribution in [0.25, 0.3) is 0 Å². The summed E-state index contributed by atoms with van der Waals surface area (Å²) in [6.07, 6.45) is 0.269. The van der Waals surface area contributed by atoms with Crippen LogP contribution in [-0.2, 0) is 26.0 Å². The van der Waals surface area contributed by atoms with Gasteiger partial charge in [-0.3, -0.25) is 4.79 Å². The molecule has 1 N–H and O–H groups in total. The summed E-state index contributed by atoms with van der Waals surface area (Å²) in [5.41, 5.74) is 0.540. The molecular formula is C15H20N2O6S. The quantitative estimate of drug-likeness (QED) is 0.804. The van der Waals surface area contributed by atoms with Crippen LogP contribution in [0.3, 0.4) is 0 Å². The third kappa shape index (κ3) is 3.06. The minimum absolute atomic E-state index is 0.117. The molecule has 1 unspecified atom stereocenters. The number of carbonyl (C=O) groups excluding carboxylic acids is 1. The van der Waals surface area contributed by atoms with Crippen LogP contribution in [0, 0.1) is 0 Å². The number of morpholine rings is 1. The number of rotatable bonds is 3. The maximum absolute atomic E-state index is 12.6. The second-order valence-corrected chi connectivity index (χ2v) is 7.31. The third-order valence-corrected chi connectivity index (χ3v) is 5.75. The first-order valence-electron chi connectivity index (χ1n) is 7.60. The summed E-state index contributed by atoms with van der Waals surface area (Å²) in [6.45, 7) is 1.87. The molecule has 9 heteroatoms. The molecule has 1 aromatic carbocycles. The topological polar surface area (TPSA) is 94.2 Å². The fraction of sp³-hybridized carbons (Fsp3) is 0.533. The molecule has 1 fully saturated rings. The van der Waals surface area contributed by atoms with Gasteiger partial charge in [0.05, 0.1) is 32.3 Å². The number of hydrogen-bond donors (Lipinski definition) is 1. The van der Waals surface area contributed by atoms with E-state index in [-0.39, 0.29) is 17.2 Å². The molecule has 132 valence electrons. The zero-order valence-electron chi connectivity index (χ0n) is 13.6. The van der Waals surface area contributed by atoms with Crippen molar-refractivity contribution in [1.29, 1.82) is 0 Å². The molecule has 0 aromatic heterocycles. The van der Waals surface area contributed by atoms with Gasteiger partial charge in [-0.25, -0.2) is 8.42 Å². The van der Waals surface area contributed by atoms with Crippen molar-refractivity contribution in [3.8, 4) is 11.5 Å². The first-order chi connectivity index (χ1) is 11.5. The van der Waals surface area contributed by atoms with Crippen molar-refractivity contribution >= 4 is 15.9 Å². The summed E-state index contributed by atoms with van der Waals surface area (Å²) in [5, 5.41) is 0. The van der Waals surface area contributed by atoms with Gasteiger partial charge in [0, 0.05) is 19.2 Å². The van der Waals surface area contributed by atoms with Crippen LogP contribution in [0.1, 0.15) is 5.56 Å². The standard InChI is InChI=1S/C15H20N2O6S/c1-21-12-8-10-7-11(15(18)17-3-5-23-6-4-17)16-24(19,20)14(10)9-13(12)22-2/h8-9,11,16H,3-7H2,1-2H3. The molecule has 0 aliphatic carbocycles. The second kappa shape index (κ2) is 6.58. The second-order valence-electron chi connectivity index (χ2n) is 5.63. The highest BCUT2D eigenvalue weighted by Crippen LogP contribution is 2.35. The Labute approximate surface area is 140 Å². The number of hydrogen-bond acceptors (Lipinski definition) is 6. The number of methoxy groups -OCH3 is 2. The van der Waals surface area contributed by atoms with Crippen molar-refractivity contribution in [2.24, 2.45) is 0 Å². The lowest BCUT2D eigenvalue weighted by molar-refractivity contribution is -0.137. The number of ether oxygens (including phenoxy) is 3. The van der Waals surface area contributed by atoms with Gasteiger partial charge in [0.25, 0.3) is 0 Å². The van der Waals surface area contributed by atoms with Gasteiger partial charge < -0.3 is 19.1 Å². The Bertz CT molecular complexity index is 743. The van der Waals surface area contributed by atoms with E-state index < -0.39 is 16.1 Å². The molecule has 0 bridgehead atoms. The Hall–Kier alpha value is -1.84. The molecule has 24 heavy (non-hydrogen) atoms. The van der Waals surface area contributed by atoms with Crippen molar-refractivity contribution in [2.75, 3.05) is 40.5 Å². The van der Waals surface area contributed by atoms with Crippen molar-refractivity contribution in [3.05, 3.63) is 17.7 Å². The van der Waals surface area contributed by atoms with E-state index in [0.717, 1.165) is 0 Å². The normalized spacial score (nSPS) is 22.6. The van der Waals surface area contributed by atoms with Gasteiger partial charge in [0.1, 0.15) is 6.04 Å². The zero-order valence-corrected chi connectivity index (χ0v) is 14.4. The Morgan fingerprint density at radius 3 is 2.46 bits per heavy atom. The number of nitrogens with one attached hydrogen (secondary N) is 1. The van der Waals surface area contributed by atoms with E-state index in [2.05, 4.69) is 4.72 Å². The summed E-state index contributed by atoms with van der Waals surface area (Å²) in [4.78, 5) is 14.4. The summed E-state index contributed by atoms with van der Waals surface area (Å²) in [7, 11) is -0.872. The van der Waals surface area contributed by atoms with Crippen LogP contribution in [0.2, 0.25) is 0 Å². The van der Waals surface area contributed by atoms with E-state index >= 15 is 0 Å². The van der Waals surface area contributed by atoms with Gasteiger partial charge >= 0.3 is 0 Å². The molecule has 1 aromatic rings. The number of sulfonamides is 1. The van der Waals surface area contributed by atoms with E-state index in [1.165, 1.54) is 20.3 Å². The highest BCUT2D eigenvalue weighted by Gasteiger charge is 2.37. The Balaban J connectivity index is 1.93. The van der Waals surface area contributed by atoms with Gasteiger partial charge in [0.2, 0.25) is 15.9 Å². The average molecular weight is 356 g/mol. The lowest BCUT2D eigenvalue weighted by Gasteiger charge is -2.33. The molecule has 1 amide bonds. The monoisotopic (exact) mass is 356 g/mol. The smallest absolute Gasteiger partial charge is 0.241 e. The van der Waals surface area contributed by atoms with Crippen LogP contribution in [0.5, 0.6) is 11.5 Å². The molecule has 0 radical (unpaired) electrons. The highest BCUT2D eigenvalue weighted by atomic mass is 32.2. The van der Waals surface area contributed by atoms with Crippen LogP contribution in [0.15, 0.2) is 17.0 Å². The fourth-order valence-corrected chi connectivity index (χ4v) is 4.40. The molecule has 0 spiro atoms. The number of carbonyl (C=O) groups is 1. The predicted molar refractivity (Wildman–Crippen MR) is 84.8 cm³/mol. The first kappa shape index (κ1) is 17.0. The van der Waals surface area contributed by atoms with Crippen LogP contribution in [-0.4, -0.2) is 65.8 Å². The number of fused-ring (bicyclic) bond motifs is 1. The van der Waals surface area contributed by atoms with E-state index in [9.17, 15) is 13.2 Å². The van der Waals surface area contributed by atoms with Gasteiger partial charge in [0.15, 0.2) is 11.5 Å². The average Bonchev–Trinajstić information content (AvgIpc) is 2.60. The Morgan fingerprint density at radius 2 is 1.83 bits per heavy atom. The summed E-state index contributed by atoms with van der Waals surface area (Å²) < 4.78 is 43.2. The summed E-state index contributed by atoms with van der Waals surface area (Å²) in [5.74, 6) is 0.535. The fourth-order valence-electron chi connectivity index (χ4n) is 2.97. The molecule has 2 aliphatic rings. The van der Waals surface area contributed by atoms with Crippen LogP contribution >= 0.6 is 0 Å². The molecule has 2 heterocycles. The highest BCUT2D eigenvalue weighted by molar-refractivity contribution is 7.89. The lowest BCUT2D eigenvalue weighted by atomic mass is 10.0. The van der Waals surface area contributed by atoms with Crippen LogP contribution in [0.4, 0.5) is 0 Å². The maximum atomic E-state index is 12.6. The zero-order chi connectivity index (χ0) is 17.3. The molecule has 8 nitrogen and oxygen atoms in total. The summed E-state index contributed by atoms with van der Waals surface area (Å²) in [6, 6.07) is 2.22. The Kier molecular flexibility index (Phi) is 4.66. The predicted octanol–water partition coefficient (Wildman–Crippen LogP) is -0.234. The van der Waals surface area contributed by atoms with Crippen molar-refractivity contribution in [2.45, 2.75) is 17.4 Å². The molecule has 3 rings (SSSR count). The van der Waals surface area contributed by atoms with Gasteiger partial charge in [-0.1, -0.05) is 0 Å². The molecule has 1 saturated heterocycles. The van der Waals surface area contributed by atoms with Crippen molar-refractivity contribution in [3.63, 3.8) is 0 Å². The largest absolute Gasteiger partial charge is 0.493 e. The Morgan fingerprint density at radius 1 is 1.21 bits per heavy atom.